The van der Waals surface area contributed by atoms with E-state index in [1.54, 1.807) is 7.11 Å². The van der Waals surface area contributed by atoms with Crippen molar-refractivity contribution in [1.82, 2.24) is 15.0 Å². The van der Waals surface area contributed by atoms with Crippen molar-refractivity contribution in [2.45, 2.75) is 45.8 Å². The maximum absolute atomic E-state index is 6.58. The monoisotopic (exact) mass is 481 g/mol. The Bertz CT molecular complexity index is 1110. The van der Waals surface area contributed by atoms with Gasteiger partial charge in [-0.2, -0.15) is 0 Å². The van der Waals surface area contributed by atoms with E-state index in [0.29, 0.717) is 11.6 Å². The number of benzene rings is 1. The minimum atomic E-state index is 0.0271. The van der Waals surface area contributed by atoms with Crippen molar-refractivity contribution in [2.75, 3.05) is 37.0 Å². The summed E-state index contributed by atoms with van der Waals surface area (Å²) in [5, 5.41) is 4.26. The maximum atomic E-state index is 6.58. The van der Waals surface area contributed by atoms with Gasteiger partial charge >= 0.3 is 0 Å². The largest absolute Gasteiger partial charge is 0.497 e. The summed E-state index contributed by atoms with van der Waals surface area (Å²) >= 11 is 6.58. The Hall–Kier alpha value is -2.90. The molecule has 1 aliphatic heterocycles. The average molecular weight is 482 g/mol. The summed E-state index contributed by atoms with van der Waals surface area (Å²) < 4.78 is 11.4. The molecule has 4 rings (SSSR count). The van der Waals surface area contributed by atoms with E-state index in [9.17, 15) is 0 Å². The highest BCUT2D eigenvalue weighted by atomic mass is 35.5. The van der Waals surface area contributed by atoms with Crippen molar-refractivity contribution < 1.29 is 9.47 Å². The third-order valence-electron chi connectivity index (χ3n) is 6.08. The van der Waals surface area contributed by atoms with Crippen LogP contribution in [0.2, 0.25) is 5.02 Å². The molecule has 2 atom stereocenters. The van der Waals surface area contributed by atoms with Crippen molar-refractivity contribution >= 4 is 23.2 Å². The zero-order chi connectivity index (χ0) is 24.1. The third kappa shape index (κ3) is 5.10. The molecule has 1 fully saturated rings. The molecule has 3 aromatic rings. The molecule has 0 aliphatic carbocycles. The quantitative estimate of drug-likeness (QED) is 0.459. The number of rotatable bonds is 9. The van der Waals surface area contributed by atoms with Gasteiger partial charge in [-0.25, -0.2) is 15.0 Å². The molecule has 2 aromatic heterocycles. The highest BCUT2D eigenvalue weighted by Crippen LogP contribution is 2.33. The van der Waals surface area contributed by atoms with Crippen molar-refractivity contribution in [3.8, 4) is 17.0 Å². The van der Waals surface area contributed by atoms with Crippen LogP contribution in [-0.2, 0) is 17.6 Å². The van der Waals surface area contributed by atoms with Crippen molar-refractivity contribution in [3.63, 3.8) is 0 Å². The second-order valence-corrected chi connectivity index (χ2v) is 8.61. The van der Waals surface area contributed by atoms with Crippen LogP contribution in [0.15, 0.2) is 42.6 Å². The van der Waals surface area contributed by atoms with Crippen LogP contribution in [0.3, 0.4) is 0 Å². The fourth-order valence-corrected chi connectivity index (χ4v) is 4.60. The number of halogens is 1. The van der Waals surface area contributed by atoms with E-state index in [2.05, 4.69) is 29.0 Å². The minimum absolute atomic E-state index is 0.0271. The first-order valence-corrected chi connectivity index (χ1v) is 12.2. The van der Waals surface area contributed by atoms with Gasteiger partial charge in [0, 0.05) is 31.5 Å². The van der Waals surface area contributed by atoms with Crippen LogP contribution in [0.1, 0.15) is 32.2 Å². The van der Waals surface area contributed by atoms with Gasteiger partial charge in [0.25, 0.3) is 0 Å². The third-order valence-corrected chi connectivity index (χ3v) is 6.40. The molecule has 1 N–H and O–H groups in total. The maximum Gasteiger partial charge on any atom is 0.148 e. The van der Waals surface area contributed by atoms with Gasteiger partial charge in [-0.1, -0.05) is 31.5 Å². The Morgan fingerprint density at radius 1 is 1.06 bits per heavy atom. The molecule has 0 unspecified atom stereocenters. The van der Waals surface area contributed by atoms with Gasteiger partial charge in [0.05, 0.1) is 41.4 Å². The van der Waals surface area contributed by atoms with Crippen LogP contribution in [0.5, 0.6) is 5.75 Å². The lowest BCUT2D eigenvalue weighted by Gasteiger charge is -2.22. The fraction of sp³-hybridized carbons (Fsp3) is 0.423. The fourth-order valence-electron chi connectivity index (χ4n) is 4.34. The van der Waals surface area contributed by atoms with E-state index in [1.807, 2.05) is 49.5 Å². The van der Waals surface area contributed by atoms with E-state index < -0.39 is 0 Å². The molecule has 0 saturated carbocycles. The Morgan fingerprint density at radius 2 is 1.88 bits per heavy atom. The molecule has 0 spiro atoms. The minimum Gasteiger partial charge on any atom is -0.497 e. The molecular weight excluding hydrogens is 450 g/mol. The topological polar surface area (TPSA) is 72.4 Å². The van der Waals surface area contributed by atoms with Crippen LogP contribution < -0.4 is 15.0 Å². The first kappa shape index (κ1) is 24.2. The molecule has 0 bridgehead atoms. The molecule has 1 saturated heterocycles. The van der Waals surface area contributed by atoms with E-state index in [-0.39, 0.29) is 12.1 Å². The Morgan fingerprint density at radius 3 is 2.53 bits per heavy atom. The second-order valence-electron chi connectivity index (χ2n) is 8.20. The zero-order valence-electron chi connectivity index (χ0n) is 20.2. The Balaban J connectivity index is 1.65. The first-order valence-electron chi connectivity index (χ1n) is 11.9. The number of nitrogens with zero attached hydrogens (tertiary/aromatic N) is 4. The summed E-state index contributed by atoms with van der Waals surface area (Å²) in [6, 6.07) is 11.7. The predicted octanol–water partition coefficient (Wildman–Crippen LogP) is 5.03. The first-order chi connectivity index (χ1) is 16.6. The summed E-state index contributed by atoms with van der Waals surface area (Å²) in [5.74, 6) is 2.48. The number of ether oxygens (including phenoxy) is 2. The van der Waals surface area contributed by atoms with Crippen molar-refractivity contribution in [1.29, 1.82) is 0 Å². The second kappa shape index (κ2) is 11.0. The molecule has 8 heteroatoms. The van der Waals surface area contributed by atoms with Crippen molar-refractivity contribution in [3.05, 3.63) is 59.0 Å². The predicted molar refractivity (Wildman–Crippen MR) is 137 cm³/mol. The number of aryl methyl sites for hydroxylation is 2. The summed E-state index contributed by atoms with van der Waals surface area (Å²) in [4.78, 5) is 16.8. The number of anilines is 2. The van der Waals surface area contributed by atoms with E-state index in [1.165, 1.54) is 0 Å². The van der Waals surface area contributed by atoms with Crippen LogP contribution in [0.4, 0.5) is 11.6 Å². The summed E-state index contributed by atoms with van der Waals surface area (Å²) in [5.41, 5.74) is 3.49. The number of pyridine rings is 1. The highest BCUT2D eigenvalue weighted by molar-refractivity contribution is 6.33. The Labute approximate surface area is 206 Å². The smallest absolute Gasteiger partial charge is 0.148 e. The van der Waals surface area contributed by atoms with E-state index in [0.717, 1.165) is 66.0 Å². The molecule has 34 heavy (non-hydrogen) atoms. The molecule has 180 valence electrons. The van der Waals surface area contributed by atoms with Gasteiger partial charge in [0.15, 0.2) is 0 Å². The van der Waals surface area contributed by atoms with Gasteiger partial charge in [-0.3, -0.25) is 0 Å². The van der Waals surface area contributed by atoms with E-state index in [4.69, 9.17) is 31.0 Å². The SMILES string of the molecule is CCO[C@H]1CN(c2ccccn2)C[C@H]1Nc1nc(CC)c(-c2ccc(OC)cc2Cl)nc1CC. The summed E-state index contributed by atoms with van der Waals surface area (Å²) in [7, 11) is 1.63. The molecular formula is C26H32ClN5O2. The standard InChI is InChI=1S/C26H32ClN5O2/c1-5-20-25(18-12-11-17(33-4)14-19(18)27)29-21(6-2)26(30-20)31-22-15-32(16-23(22)34-7-3)24-10-8-9-13-28-24/h8-14,22-23H,5-7,15-16H2,1-4H3,(H,30,31)/t22-,23+/m1/s1. The van der Waals surface area contributed by atoms with Gasteiger partial charge in [-0.15, -0.1) is 0 Å². The molecule has 3 heterocycles. The zero-order valence-corrected chi connectivity index (χ0v) is 21.0. The van der Waals surface area contributed by atoms with Crippen LogP contribution in [0.25, 0.3) is 11.3 Å². The number of hydrogen-bond donors (Lipinski definition) is 1. The van der Waals surface area contributed by atoms with Crippen LogP contribution >= 0.6 is 11.6 Å². The summed E-state index contributed by atoms with van der Waals surface area (Å²) in [6.07, 6.45) is 3.33. The van der Waals surface area contributed by atoms with Gasteiger partial charge in [0.1, 0.15) is 17.4 Å². The molecule has 1 aromatic carbocycles. The van der Waals surface area contributed by atoms with Gasteiger partial charge in [-0.05, 0) is 50.1 Å². The lowest BCUT2D eigenvalue weighted by molar-refractivity contribution is 0.0719. The number of nitrogens with one attached hydrogen (secondary N) is 1. The molecule has 0 amide bonds. The molecule has 0 radical (unpaired) electrons. The number of hydrogen-bond acceptors (Lipinski definition) is 7. The number of methoxy groups -OCH3 is 1. The normalized spacial score (nSPS) is 17.7. The van der Waals surface area contributed by atoms with Gasteiger partial charge in [0.2, 0.25) is 0 Å². The lowest BCUT2D eigenvalue weighted by Crippen LogP contribution is -2.35. The van der Waals surface area contributed by atoms with Crippen molar-refractivity contribution in [2.24, 2.45) is 0 Å². The number of aromatic nitrogens is 3. The van der Waals surface area contributed by atoms with E-state index >= 15 is 0 Å². The van der Waals surface area contributed by atoms with Crippen LogP contribution in [0, 0.1) is 0 Å². The molecule has 7 nitrogen and oxygen atoms in total. The highest BCUT2D eigenvalue weighted by Gasteiger charge is 2.35. The molecule has 1 aliphatic rings. The lowest BCUT2D eigenvalue weighted by atomic mass is 10.1. The average Bonchev–Trinajstić information content (AvgIpc) is 3.26. The van der Waals surface area contributed by atoms with Crippen LogP contribution in [-0.4, -0.2) is 53.9 Å². The van der Waals surface area contributed by atoms with Gasteiger partial charge < -0.3 is 19.7 Å². The summed E-state index contributed by atoms with van der Waals surface area (Å²) in [6.45, 7) is 8.41. The Kier molecular flexibility index (Phi) is 7.85.